The van der Waals surface area contributed by atoms with Gasteiger partial charge in [0.1, 0.15) is 5.75 Å². The van der Waals surface area contributed by atoms with Crippen LogP contribution in [0.15, 0.2) is 24.3 Å². The van der Waals surface area contributed by atoms with E-state index in [1.54, 1.807) is 12.1 Å². The van der Waals surface area contributed by atoms with E-state index in [1.807, 2.05) is 12.1 Å². The molecule has 0 aliphatic rings. The molecule has 0 aromatic heterocycles. The zero-order chi connectivity index (χ0) is 6.69. The Morgan fingerprint density at radius 2 is 1.70 bits per heavy atom. The van der Waals surface area contributed by atoms with Crippen LogP contribution in [0.1, 0.15) is 0 Å². The molecule has 1 rings (SSSR count). The predicted molar refractivity (Wildman–Crippen MR) is 42.0 cm³/mol. The van der Waals surface area contributed by atoms with E-state index in [4.69, 9.17) is 16.9 Å². The van der Waals surface area contributed by atoms with Crippen molar-refractivity contribution in [3.05, 3.63) is 24.3 Å². The third-order valence-electron chi connectivity index (χ3n) is 0.955. The van der Waals surface area contributed by atoms with E-state index in [0.29, 0.717) is 0 Å². The summed E-state index contributed by atoms with van der Waals surface area (Å²) in [7, 11) is 0.824. The summed E-state index contributed by atoms with van der Waals surface area (Å²) in [5, 5.41) is 9.86. The van der Waals surface area contributed by atoms with Crippen molar-refractivity contribution in [2.24, 2.45) is 0 Å². The molecule has 0 unspecified atom stereocenters. The number of aromatic hydroxyl groups is 1. The second-order valence-electron chi connectivity index (χ2n) is 1.61. The summed E-state index contributed by atoms with van der Waals surface area (Å²) in [6, 6.07) is 6.89. The van der Waals surface area contributed by atoms with Crippen LogP contribution in [-0.2, 0) is 31.3 Å². The number of hydrogen-bond donors (Lipinski definition) is 1. The molecule has 0 atom stereocenters. The Labute approximate surface area is 79.1 Å². The Morgan fingerprint density at radius 1 is 1.20 bits per heavy atom. The van der Waals surface area contributed by atoms with Gasteiger partial charge in [0.25, 0.3) is 0 Å². The first-order chi connectivity index (χ1) is 4.33. The molecule has 0 bridgehead atoms. The van der Waals surface area contributed by atoms with E-state index >= 15 is 0 Å². The molecule has 48 valence electrons. The third-order valence-corrected chi connectivity index (χ3v) is 2.10. The summed E-state index contributed by atoms with van der Waals surface area (Å²) in [6.45, 7) is 0. The zero-order valence-corrected chi connectivity index (χ0v) is 10.00. The minimum absolute atomic E-state index is 0. The molecule has 0 heterocycles. The van der Waals surface area contributed by atoms with Gasteiger partial charge in [0.15, 0.2) is 0 Å². The van der Waals surface area contributed by atoms with Gasteiger partial charge < -0.3 is 5.11 Å². The van der Waals surface area contributed by atoms with E-state index in [0.717, 1.165) is 12.7 Å². The van der Waals surface area contributed by atoms with Crippen molar-refractivity contribution in [1.82, 2.24) is 0 Å². The number of phenolic OH excluding ortho intramolecular Hbond substituents is 1. The second-order valence-corrected chi connectivity index (χ2v) is 2.85. The minimum Gasteiger partial charge on any atom is -0.508 e. The molecule has 1 N–H and O–H groups in total. The molecule has 4 heteroatoms. The summed E-state index contributed by atoms with van der Waals surface area (Å²) in [5.41, 5.74) is 0. The number of rotatable bonds is 1. The van der Waals surface area contributed by atoms with Crippen LogP contribution in [0.4, 0.5) is 0 Å². The van der Waals surface area contributed by atoms with Gasteiger partial charge in [-0.3, -0.25) is 0 Å². The van der Waals surface area contributed by atoms with Crippen LogP contribution in [0.3, 0.4) is 0 Å². The Morgan fingerprint density at radius 3 is 2.10 bits per heavy atom. The Kier molecular flexibility index (Phi) is 4.98. The van der Waals surface area contributed by atoms with E-state index in [1.165, 1.54) is 0 Å². The van der Waals surface area contributed by atoms with Crippen LogP contribution >= 0.6 is 7.36 Å². The van der Waals surface area contributed by atoms with Gasteiger partial charge in [-0.15, -0.1) is 0 Å². The molecule has 1 aromatic carbocycles. The van der Waals surface area contributed by atoms with Crippen LogP contribution in [0.2, 0.25) is 0 Å². The molecule has 0 spiro atoms. The van der Waals surface area contributed by atoms with E-state index < -0.39 is 0 Å². The van der Waals surface area contributed by atoms with Crippen molar-refractivity contribution in [2.45, 2.75) is 0 Å². The Hall–Kier alpha value is 0.163. The summed E-state index contributed by atoms with van der Waals surface area (Å²) >= 11 is 4.75. The fourth-order valence-electron chi connectivity index (χ4n) is 0.513. The summed E-state index contributed by atoms with van der Waals surface area (Å²) in [6.07, 6.45) is 0. The largest absolute Gasteiger partial charge is 0.508 e. The van der Waals surface area contributed by atoms with Crippen molar-refractivity contribution >= 4 is 24.5 Å². The van der Waals surface area contributed by atoms with E-state index in [-0.39, 0.29) is 25.2 Å². The molecular weight excluding hydrogens is 216 g/mol. The zero-order valence-electron chi connectivity index (χ0n) is 5.32. The second kappa shape index (κ2) is 4.90. The molecule has 0 amide bonds. The topological polar surface area (TPSA) is 20.2 Å². The molecule has 0 aliphatic carbocycles. The quantitative estimate of drug-likeness (QED) is 0.572. The average molecular weight is 222 g/mol. The first-order valence-electron chi connectivity index (χ1n) is 2.45. The van der Waals surface area contributed by atoms with Crippen molar-refractivity contribution in [3.8, 4) is 5.75 Å². The summed E-state index contributed by atoms with van der Waals surface area (Å²) in [5.74, 6) is 0.289. The van der Waals surface area contributed by atoms with Crippen LogP contribution in [0.25, 0.3) is 0 Å². The molecule has 1 aromatic rings. The standard InChI is InChI=1S/C6H5OPS.Zn/c7-5-1-3-6(8-9)4-2-5;/h1-4,7H;. The molecule has 0 saturated carbocycles. The van der Waals surface area contributed by atoms with Gasteiger partial charge in [-0.25, -0.2) is 0 Å². The van der Waals surface area contributed by atoms with Gasteiger partial charge in [-0.05, 0) is 24.3 Å². The number of hydrogen-bond acceptors (Lipinski definition) is 2. The van der Waals surface area contributed by atoms with Crippen molar-refractivity contribution in [2.75, 3.05) is 0 Å². The van der Waals surface area contributed by atoms with Gasteiger partial charge in [0.2, 0.25) is 0 Å². The summed E-state index contributed by atoms with van der Waals surface area (Å²) < 4.78 is 0. The van der Waals surface area contributed by atoms with E-state index in [9.17, 15) is 0 Å². The number of benzene rings is 1. The predicted octanol–water partition coefficient (Wildman–Crippen LogP) is 1.42. The molecule has 0 fully saturated rings. The average Bonchev–Trinajstić information content (AvgIpc) is 1.90. The van der Waals surface area contributed by atoms with Gasteiger partial charge in [0.05, 0.1) is 0 Å². The SMILES string of the molecule is Oc1ccc(P=S)cc1.[Zn]. The normalized spacial score (nSPS) is 8.80. The van der Waals surface area contributed by atoms with Crippen LogP contribution in [0, 0.1) is 0 Å². The van der Waals surface area contributed by atoms with Crippen LogP contribution in [-0.4, -0.2) is 5.11 Å². The molecule has 0 radical (unpaired) electrons. The maximum atomic E-state index is 8.82. The molecule has 10 heavy (non-hydrogen) atoms. The van der Waals surface area contributed by atoms with Crippen LogP contribution in [0.5, 0.6) is 5.75 Å². The maximum absolute atomic E-state index is 8.82. The van der Waals surface area contributed by atoms with Gasteiger partial charge in [-0.1, -0.05) is 11.8 Å². The van der Waals surface area contributed by atoms with Crippen LogP contribution < -0.4 is 5.30 Å². The monoisotopic (exact) mass is 220 g/mol. The molecule has 0 aliphatic heterocycles. The minimum atomic E-state index is 0. The van der Waals surface area contributed by atoms with Gasteiger partial charge in [0, 0.05) is 32.1 Å². The van der Waals surface area contributed by atoms with Crippen molar-refractivity contribution in [1.29, 1.82) is 0 Å². The third kappa shape index (κ3) is 2.83. The molecule has 0 saturated heterocycles. The Bertz CT molecular complexity index is 211. The van der Waals surface area contributed by atoms with E-state index in [2.05, 4.69) is 0 Å². The molecule has 1 nitrogen and oxygen atoms in total. The van der Waals surface area contributed by atoms with Gasteiger partial charge >= 0.3 is 0 Å². The first-order valence-corrected chi connectivity index (χ1v) is 4.36. The number of phenols is 1. The fraction of sp³-hybridized carbons (Fsp3) is 0. The Balaban J connectivity index is 0.000000810. The molecular formula is C6H5OPSZn. The van der Waals surface area contributed by atoms with Gasteiger partial charge in [-0.2, -0.15) is 0 Å². The fourth-order valence-corrected chi connectivity index (χ4v) is 1.15. The smallest absolute Gasteiger partial charge is 0.115 e. The van der Waals surface area contributed by atoms with Crippen molar-refractivity contribution < 1.29 is 24.6 Å². The van der Waals surface area contributed by atoms with Crippen molar-refractivity contribution in [3.63, 3.8) is 0 Å². The first kappa shape index (κ1) is 10.2. The maximum Gasteiger partial charge on any atom is 0.115 e. The summed E-state index contributed by atoms with van der Waals surface area (Å²) in [4.78, 5) is 0.